The molecule has 1 N–H and O–H groups in total. The maximum absolute atomic E-state index is 3.50. The van der Waals surface area contributed by atoms with Crippen molar-refractivity contribution in [3.8, 4) is 0 Å². The second-order valence-corrected chi connectivity index (χ2v) is 5.18. The highest BCUT2D eigenvalue weighted by Gasteiger charge is 2.31. The standard InChI is InChI=1S/C15H23N/c1-4-11(2)9-13-10-12-7-5-6-8-14(12)15(13)16-3/h5-8,11,13,15-16H,4,9-10H2,1-3H3. The highest BCUT2D eigenvalue weighted by Crippen LogP contribution is 2.39. The minimum atomic E-state index is 0.574. The predicted octanol–water partition coefficient (Wildman–Crippen LogP) is 3.56. The van der Waals surface area contributed by atoms with Gasteiger partial charge in [-0.25, -0.2) is 0 Å². The molecule has 0 saturated carbocycles. The van der Waals surface area contributed by atoms with Crippen LogP contribution in [0.25, 0.3) is 0 Å². The summed E-state index contributed by atoms with van der Waals surface area (Å²) in [5.41, 5.74) is 3.08. The van der Waals surface area contributed by atoms with Gasteiger partial charge in [0.25, 0.3) is 0 Å². The smallest absolute Gasteiger partial charge is 0.0352 e. The molecule has 1 aromatic carbocycles. The quantitative estimate of drug-likeness (QED) is 0.813. The SMILES string of the molecule is CCC(C)CC1Cc2ccccc2C1NC. The molecule has 0 spiro atoms. The molecule has 0 saturated heterocycles. The molecule has 2 rings (SSSR count). The van der Waals surface area contributed by atoms with Gasteiger partial charge in [-0.3, -0.25) is 0 Å². The van der Waals surface area contributed by atoms with Crippen LogP contribution in [-0.2, 0) is 6.42 Å². The zero-order valence-electron chi connectivity index (χ0n) is 10.7. The number of rotatable bonds is 4. The third-order valence-corrected chi connectivity index (χ3v) is 4.06. The van der Waals surface area contributed by atoms with Gasteiger partial charge < -0.3 is 5.32 Å². The van der Waals surface area contributed by atoms with E-state index in [1.54, 1.807) is 5.56 Å². The molecular formula is C15H23N. The molecule has 3 unspecified atom stereocenters. The highest BCUT2D eigenvalue weighted by molar-refractivity contribution is 5.35. The van der Waals surface area contributed by atoms with Gasteiger partial charge in [-0.05, 0) is 42.9 Å². The van der Waals surface area contributed by atoms with Gasteiger partial charge in [0.1, 0.15) is 0 Å². The summed E-state index contributed by atoms with van der Waals surface area (Å²) in [7, 11) is 2.09. The van der Waals surface area contributed by atoms with Gasteiger partial charge in [-0.15, -0.1) is 0 Å². The number of benzene rings is 1. The maximum atomic E-state index is 3.50. The van der Waals surface area contributed by atoms with E-state index in [0.29, 0.717) is 6.04 Å². The first kappa shape index (κ1) is 11.7. The molecule has 1 aromatic rings. The van der Waals surface area contributed by atoms with Crippen molar-refractivity contribution in [2.24, 2.45) is 11.8 Å². The van der Waals surface area contributed by atoms with E-state index < -0.39 is 0 Å². The van der Waals surface area contributed by atoms with Crippen molar-refractivity contribution in [1.29, 1.82) is 0 Å². The molecule has 0 aromatic heterocycles. The van der Waals surface area contributed by atoms with Crippen LogP contribution in [0.15, 0.2) is 24.3 Å². The molecule has 0 fully saturated rings. The molecule has 88 valence electrons. The van der Waals surface area contributed by atoms with Crippen LogP contribution in [0.4, 0.5) is 0 Å². The lowest BCUT2D eigenvalue weighted by molar-refractivity contribution is 0.325. The van der Waals surface area contributed by atoms with E-state index in [1.807, 2.05) is 0 Å². The van der Waals surface area contributed by atoms with Crippen LogP contribution in [-0.4, -0.2) is 7.05 Å². The average Bonchev–Trinajstić information content (AvgIpc) is 2.65. The van der Waals surface area contributed by atoms with Crippen LogP contribution in [0.1, 0.15) is 43.9 Å². The maximum Gasteiger partial charge on any atom is 0.0352 e. The minimum Gasteiger partial charge on any atom is -0.313 e. The Hall–Kier alpha value is -0.820. The number of hydrogen-bond donors (Lipinski definition) is 1. The van der Waals surface area contributed by atoms with Crippen LogP contribution in [0.5, 0.6) is 0 Å². The Morgan fingerprint density at radius 2 is 2.12 bits per heavy atom. The third-order valence-electron chi connectivity index (χ3n) is 4.06. The second kappa shape index (κ2) is 5.01. The fourth-order valence-corrected chi connectivity index (χ4v) is 2.97. The first-order valence-corrected chi connectivity index (χ1v) is 6.51. The van der Waals surface area contributed by atoms with Crippen molar-refractivity contribution in [1.82, 2.24) is 5.32 Å². The Bertz CT molecular complexity index is 345. The van der Waals surface area contributed by atoms with E-state index in [0.717, 1.165) is 11.8 Å². The summed E-state index contributed by atoms with van der Waals surface area (Å²) in [5.74, 6) is 1.63. The molecule has 16 heavy (non-hydrogen) atoms. The molecule has 1 aliphatic rings. The lowest BCUT2D eigenvalue weighted by Gasteiger charge is -2.22. The van der Waals surface area contributed by atoms with E-state index in [-0.39, 0.29) is 0 Å². The summed E-state index contributed by atoms with van der Waals surface area (Å²) < 4.78 is 0. The van der Waals surface area contributed by atoms with Gasteiger partial charge in [0, 0.05) is 6.04 Å². The predicted molar refractivity (Wildman–Crippen MR) is 69.5 cm³/mol. The van der Waals surface area contributed by atoms with Crippen LogP contribution in [0.2, 0.25) is 0 Å². The molecular weight excluding hydrogens is 194 g/mol. The monoisotopic (exact) mass is 217 g/mol. The van der Waals surface area contributed by atoms with Gasteiger partial charge >= 0.3 is 0 Å². The van der Waals surface area contributed by atoms with E-state index in [4.69, 9.17) is 0 Å². The molecule has 0 radical (unpaired) electrons. The molecule has 0 bridgehead atoms. The van der Waals surface area contributed by atoms with Crippen LogP contribution >= 0.6 is 0 Å². The highest BCUT2D eigenvalue weighted by atomic mass is 14.9. The lowest BCUT2D eigenvalue weighted by atomic mass is 9.89. The van der Waals surface area contributed by atoms with Crippen LogP contribution in [0.3, 0.4) is 0 Å². The van der Waals surface area contributed by atoms with E-state index in [2.05, 4.69) is 50.5 Å². The molecule has 0 amide bonds. The third kappa shape index (κ3) is 2.15. The van der Waals surface area contributed by atoms with Crippen molar-refractivity contribution >= 4 is 0 Å². The Morgan fingerprint density at radius 3 is 2.81 bits per heavy atom. The Kier molecular flexibility index (Phi) is 3.65. The molecule has 1 nitrogen and oxygen atoms in total. The number of nitrogens with one attached hydrogen (secondary N) is 1. The van der Waals surface area contributed by atoms with Gasteiger partial charge in [-0.2, -0.15) is 0 Å². The Labute approximate surface area is 99.3 Å². The topological polar surface area (TPSA) is 12.0 Å². The van der Waals surface area contributed by atoms with Gasteiger partial charge in [0.15, 0.2) is 0 Å². The number of hydrogen-bond acceptors (Lipinski definition) is 1. The first-order chi connectivity index (χ1) is 7.76. The molecule has 1 aliphatic carbocycles. The van der Waals surface area contributed by atoms with Crippen LogP contribution in [0, 0.1) is 11.8 Å². The summed E-state index contributed by atoms with van der Waals surface area (Å²) in [6.45, 7) is 4.66. The molecule has 0 heterocycles. The fraction of sp³-hybridized carbons (Fsp3) is 0.600. The Balaban J connectivity index is 2.14. The summed E-state index contributed by atoms with van der Waals surface area (Å²) >= 11 is 0. The summed E-state index contributed by atoms with van der Waals surface area (Å²) in [4.78, 5) is 0. The van der Waals surface area contributed by atoms with Crippen LogP contribution < -0.4 is 5.32 Å². The second-order valence-electron chi connectivity index (χ2n) is 5.18. The van der Waals surface area contributed by atoms with Crippen molar-refractivity contribution in [3.05, 3.63) is 35.4 Å². The van der Waals surface area contributed by atoms with Crippen molar-refractivity contribution in [2.45, 2.75) is 39.2 Å². The van der Waals surface area contributed by atoms with E-state index in [1.165, 1.54) is 24.8 Å². The minimum absolute atomic E-state index is 0.574. The van der Waals surface area contributed by atoms with Crippen molar-refractivity contribution in [2.75, 3.05) is 7.05 Å². The van der Waals surface area contributed by atoms with Gasteiger partial charge in [0.2, 0.25) is 0 Å². The number of fused-ring (bicyclic) bond motifs is 1. The average molecular weight is 217 g/mol. The largest absolute Gasteiger partial charge is 0.313 e. The molecule has 1 heteroatoms. The zero-order valence-corrected chi connectivity index (χ0v) is 10.7. The summed E-state index contributed by atoms with van der Waals surface area (Å²) in [6, 6.07) is 9.47. The summed E-state index contributed by atoms with van der Waals surface area (Å²) in [6.07, 6.45) is 3.89. The fourth-order valence-electron chi connectivity index (χ4n) is 2.97. The van der Waals surface area contributed by atoms with Crippen molar-refractivity contribution < 1.29 is 0 Å². The van der Waals surface area contributed by atoms with Gasteiger partial charge in [-0.1, -0.05) is 44.5 Å². The Morgan fingerprint density at radius 1 is 1.38 bits per heavy atom. The first-order valence-electron chi connectivity index (χ1n) is 6.51. The molecule has 3 atom stereocenters. The molecule has 0 aliphatic heterocycles. The summed E-state index contributed by atoms with van der Waals surface area (Å²) in [5, 5.41) is 3.50. The van der Waals surface area contributed by atoms with Gasteiger partial charge in [0.05, 0.1) is 0 Å². The lowest BCUT2D eigenvalue weighted by Crippen LogP contribution is -2.23. The van der Waals surface area contributed by atoms with E-state index in [9.17, 15) is 0 Å². The van der Waals surface area contributed by atoms with Crippen molar-refractivity contribution in [3.63, 3.8) is 0 Å². The normalized spacial score (nSPS) is 25.4. The van der Waals surface area contributed by atoms with E-state index >= 15 is 0 Å². The zero-order chi connectivity index (χ0) is 11.5.